The maximum absolute atomic E-state index is 11.8. The van der Waals surface area contributed by atoms with E-state index in [1.807, 2.05) is 0 Å². The molecule has 2 N–H and O–H groups in total. The Bertz CT molecular complexity index is 376. The number of hydrogen-bond donors (Lipinski definition) is 2. The van der Waals surface area contributed by atoms with E-state index < -0.39 is 0 Å². The number of carbonyl (C=O) groups excluding carboxylic acids is 1. The van der Waals surface area contributed by atoms with E-state index in [1.54, 1.807) is 12.1 Å². The second-order valence-corrected chi connectivity index (χ2v) is 5.02. The number of amides is 1. The van der Waals surface area contributed by atoms with E-state index in [-0.39, 0.29) is 5.91 Å². The van der Waals surface area contributed by atoms with Gasteiger partial charge in [0.2, 0.25) is 0 Å². The van der Waals surface area contributed by atoms with Gasteiger partial charge < -0.3 is 10.6 Å². The summed E-state index contributed by atoms with van der Waals surface area (Å²) in [6.45, 7) is 7.95. The van der Waals surface area contributed by atoms with Gasteiger partial charge in [-0.3, -0.25) is 4.79 Å². The smallest absolute Gasteiger partial charge is 0.271 e. The Morgan fingerprint density at radius 1 is 1.26 bits per heavy atom. The average Bonchev–Trinajstić information content (AvgIpc) is 2.39. The van der Waals surface area contributed by atoms with Crippen LogP contribution in [0.2, 0.25) is 0 Å². The van der Waals surface area contributed by atoms with Crippen molar-refractivity contribution in [2.45, 2.75) is 40.0 Å². The van der Waals surface area contributed by atoms with Crippen molar-refractivity contribution in [3.05, 3.63) is 17.8 Å². The number of anilines is 1. The van der Waals surface area contributed by atoms with Crippen LogP contribution >= 0.6 is 0 Å². The van der Waals surface area contributed by atoms with Crippen LogP contribution in [-0.2, 0) is 0 Å². The fourth-order valence-electron chi connectivity index (χ4n) is 1.51. The van der Waals surface area contributed by atoms with Crippen molar-refractivity contribution in [1.29, 1.82) is 0 Å². The molecule has 19 heavy (non-hydrogen) atoms. The SMILES string of the molecule is CCCCNc1ccc(C(=O)NCCC(C)C)nn1. The van der Waals surface area contributed by atoms with Crippen LogP contribution in [0.3, 0.4) is 0 Å². The number of rotatable bonds is 8. The highest BCUT2D eigenvalue weighted by Crippen LogP contribution is 2.03. The van der Waals surface area contributed by atoms with Crippen LogP contribution in [0.1, 0.15) is 50.5 Å². The largest absolute Gasteiger partial charge is 0.369 e. The molecule has 0 fully saturated rings. The summed E-state index contributed by atoms with van der Waals surface area (Å²) in [6, 6.07) is 3.49. The Balaban J connectivity index is 2.39. The molecule has 1 aromatic heterocycles. The summed E-state index contributed by atoms with van der Waals surface area (Å²) < 4.78 is 0. The molecule has 0 saturated heterocycles. The van der Waals surface area contributed by atoms with Crippen molar-refractivity contribution in [2.24, 2.45) is 5.92 Å². The molecule has 0 aliphatic heterocycles. The first-order valence-corrected chi connectivity index (χ1v) is 6.99. The highest BCUT2D eigenvalue weighted by molar-refractivity contribution is 5.92. The lowest BCUT2D eigenvalue weighted by atomic mass is 10.1. The third-order valence-electron chi connectivity index (χ3n) is 2.74. The quantitative estimate of drug-likeness (QED) is 0.708. The minimum atomic E-state index is -0.159. The van der Waals surface area contributed by atoms with Crippen LogP contribution in [0.5, 0.6) is 0 Å². The van der Waals surface area contributed by atoms with E-state index in [0.29, 0.717) is 24.0 Å². The predicted octanol–water partition coefficient (Wildman–Crippen LogP) is 2.46. The van der Waals surface area contributed by atoms with E-state index >= 15 is 0 Å². The van der Waals surface area contributed by atoms with Crippen molar-refractivity contribution >= 4 is 11.7 Å². The Morgan fingerprint density at radius 2 is 2.05 bits per heavy atom. The molecule has 1 aromatic rings. The van der Waals surface area contributed by atoms with E-state index in [1.165, 1.54) is 0 Å². The molecule has 0 aromatic carbocycles. The topological polar surface area (TPSA) is 66.9 Å². The Morgan fingerprint density at radius 3 is 2.63 bits per heavy atom. The number of nitrogens with one attached hydrogen (secondary N) is 2. The van der Waals surface area contributed by atoms with Gasteiger partial charge in [-0.1, -0.05) is 27.2 Å². The molecule has 1 amide bonds. The highest BCUT2D eigenvalue weighted by atomic mass is 16.1. The van der Waals surface area contributed by atoms with Gasteiger partial charge in [0.1, 0.15) is 5.82 Å². The average molecular weight is 264 g/mol. The molecular weight excluding hydrogens is 240 g/mol. The molecule has 0 saturated carbocycles. The van der Waals surface area contributed by atoms with Crippen LogP contribution in [0.15, 0.2) is 12.1 Å². The van der Waals surface area contributed by atoms with Gasteiger partial charge in [-0.15, -0.1) is 10.2 Å². The number of carbonyl (C=O) groups is 1. The van der Waals surface area contributed by atoms with E-state index in [0.717, 1.165) is 25.8 Å². The summed E-state index contributed by atoms with van der Waals surface area (Å²) in [7, 11) is 0. The monoisotopic (exact) mass is 264 g/mol. The molecule has 0 radical (unpaired) electrons. The number of aromatic nitrogens is 2. The van der Waals surface area contributed by atoms with Crippen molar-refractivity contribution in [3.8, 4) is 0 Å². The molecule has 1 heterocycles. The third kappa shape index (κ3) is 6.18. The van der Waals surface area contributed by atoms with Gasteiger partial charge in [0.05, 0.1) is 0 Å². The fraction of sp³-hybridized carbons (Fsp3) is 0.643. The van der Waals surface area contributed by atoms with E-state index in [2.05, 4.69) is 41.6 Å². The Kier molecular flexibility index (Phi) is 6.85. The lowest BCUT2D eigenvalue weighted by Gasteiger charge is -2.07. The van der Waals surface area contributed by atoms with Gasteiger partial charge >= 0.3 is 0 Å². The maximum Gasteiger partial charge on any atom is 0.271 e. The van der Waals surface area contributed by atoms with Crippen LogP contribution in [0.25, 0.3) is 0 Å². The van der Waals surface area contributed by atoms with Gasteiger partial charge in [0, 0.05) is 13.1 Å². The van der Waals surface area contributed by atoms with Crippen LogP contribution < -0.4 is 10.6 Å². The van der Waals surface area contributed by atoms with Gasteiger partial charge in [-0.25, -0.2) is 0 Å². The maximum atomic E-state index is 11.8. The first kappa shape index (κ1) is 15.4. The third-order valence-corrected chi connectivity index (χ3v) is 2.74. The standard InChI is InChI=1S/C14H24N4O/c1-4-5-9-15-13-7-6-12(17-18-13)14(19)16-10-8-11(2)3/h6-7,11H,4-5,8-10H2,1-3H3,(H,15,18)(H,16,19). The minimum absolute atomic E-state index is 0.159. The fourth-order valence-corrected chi connectivity index (χ4v) is 1.51. The Hall–Kier alpha value is -1.65. The summed E-state index contributed by atoms with van der Waals surface area (Å²) in [6.07, 6.45) is 3.20. The lowest BCUT2D eigenvalue weighted by Crippen LogP contribution is -2.26. The Labute approximate surface area is 115 Å². The van der Waals surface area contributed by atoms with Gasteiger partial charge in [0.25, 0.3) is 5.91 Å². The molecular formula is C14H24N4O. The summed E-state index contributed by atoms with van der Waals surface area (Å²) in [5.74, 6) is 1.14. The van der Waals surface area contributed by atoms with Crippen LogP contribution in [-0.4, -0.2) is 29.2 Å². The zero-order chi connectivity index (χ0) is 14.1. The van der Waals surface area contributed by atoms with Crippen molar-refractivity contribution in [3.63, 3.8) is 0 Å². The van der Waals surface area contributed by atoms with Gasteiger partial charge in [-0.05, 0) is 30.9 Å². The van der Waals surface area contributed by atoms with Crippen molar-refractivity contribution in [1.82, 2.24) is 15.5 Å². The molecule has 0 spiro atoms. The molecule has 0 unspecified atom stereocenters. The highest BCUT2D eigenvalue weighted by Gasteiger charge is 2.07. The van der Waals surface area contributed by atoms with Gasteiger partial charge in [-0.2, -0.15) is 0 Å². The molecule has 0 atom stereocenters. The molecule has 0 aliphatic carbocycles. The summed E-state index contributed by atoms with van der Waals surface area (Å²) in [5.41, 5.74) is 0.366. The second-order valence-electron chi connectivity index (χ2n) is 5.02. The summed E-state index contributed by atoms with van der Waals surface area (Å²) in [4.78, 5) is 11.8. The van der Waals surface area contributed by atoms with Crippen LogP contribution in [0, 0.1) is 5.92 Å². The van der Waals surface area contributed by atoms with E-state index in [4.69, 9.17) is 0 Å². The normalized spacial score (nSPS) is 10.5. The van der Waals surface area contributed by atoms with Gasteiger partial charge in [0.15, 0.2) is 5.69 Å². The second kappa shape index (κ2) is 8.45. The molecule has 0 aliphatic rings. The number of hydrogen-bond acceptors (Lipinski definition) is 4. The first-order valence-electron chi connectivity index (χ1n) is 6.99. The van der Waals surface area contributed by atoms with Crippen molar-refractivity contribution < 1.29 is 4.79 Å². The zero-order valence-electron chi connectivity index (χ0n) is 12.1. The number of nitrogens with zero attached hydrogens (tertiary/aromatic N) is 2. The van der Waals surface area contributed by atoms with Crippen molar-refractivity contribution in [2.75, 3.05) is 18.4 Å². The molecule has 1 rings (SSSR count). The zero-order valence-corrected chi connectivity index (χ0v) is 12.1. The van der Waals surface area contributed by atoms with Crippen LogP contribution in [0.4, 0.5) is 5.82 Å². The van der Waals surface area contributed by atoms with E-state index in [9.17, 15) is 4.79 Å². The summed E-state index contributed by atoms with van der Waals surface area (Å²) >= 11 is 0. The first-order chi connectivity index (χ1) is 9.13. The lowest BCUT2D eigenvalue weighted by molar-refractivity contribution is 0.0946. The molecule has 106 valence electrons. The predicted molar refractivity (Wildman–Crippen MR) is 77.2 cm³/mol. The molecule has 5 heteroatoms. The number of unbranched alkanes of at least 4 members (excludes halogenated alkanes) is 1. The summed E-state index contributed by atoms with van der Waals surface area (Å²) in [5, 5.41) is 13.9. The minimum Gasteiger partial charge on any atom is -0.369 e. The molecule has 5 nitrogen and oxygen atoms in total. The molecule has 0 bridgehead atoms.